The van der Waals surface area contributed by atoms with Crippen molar-refractivity contribution in [3.8, 4) is 0 Å². The molecule has 3 aliphatic heterocycles. The number of anilines is 2. The highest BCUT2D eigenvalue weighted by Crippen LogP contribution is 2.27. The average Bonchev–Trinajstić information content (AvgIpc) is 3.41. The third-order valence-electron chi connectivity index (χ3n) is 5.70. The van der Waals surface area contributed by atoms with E-state index in [0.29, 0.717) is 6.61 Å². The molecule has 1 N–H and O–H groups in total. The van der Waals surface area contributed by atoms with Crippen molar-refractivity contribution in [3.63, 3.8) is 0 Å². The van der Waals surface area contributed by atoms with E-state index in [0.717, 1.165) is 70.0 Å². The van der Waals surface area contributed by atoms with E-state index in [9.17, 15) is 4.79 Å². The minimum atomic E-state index is -0.0407. The normalized spacial score (nSPS) is 23.8. The van der Waals surface area contributed by atoms with Crippen molar-refractivity contribution in [3.05, 3.63) is 18.3 Å². The molecule has 1 aromatic rings. The molecule has 7 heteroatoms. The second-order valence-electron chi connectivity index (χ2n) is 7.65. The second kappa shape index (κ2) is 8.89. The van der Waals surface area contributed by atoms with Crippen LogP contribution in [0.5, 0.6) is 0 Å². The Labute approximate surface area is 161 Å². The predicted octanol–water partition coefficient (Wildman–Crippen LogP) is 2.87. The first-order valence-corrected chi connectivity index (χ1v) is 10.3. The maximum atomic E-state index is 12.7. The summed E-state index contributed by atoms with van der Waals surface area (Å²) in [5.41, 5.74) is 0.807. The number of carbonyl (C=O) groups is 1. The van der Waals surface area contributed by atoms with E-state index in [4.69, 9.17) is 9.47 Å². The van der Waals surface area contributed by atoms with Crippen molar-refractivity contribution >= 4 is 17.5 Å². The molecule has 0 aromatic carbocycles. The minimum Gasteiger partial charge on any atom is -0.376 e. The fourth-order valence-electron chi connectivity index (χ4n) is 4.11. The summed E-state index contributed by atoms with van der Waals surface area (Å²) in [5.74, 6) is 0.887. The van der Waals surface area contributed by atoms with Gasteiger partial charge >= 0.3 is 6.03 Å². The van der Waals surface area contributed by atoms with E-state index in [2.05, 4.69) is 15.2 Å². The van der Waals surface area contributed by atoms with E-state index in [1.807, 2.05) is 17.0 Å². The summed E-state index contributed by atoms with van der Waals surface area (Å²) in [5, 5.41) is 3.07. The molecule has 1 atom stereocenters. The van der Waals surface area contributed by atoms with E-state index >= 15 is 0 Å². The summed E-state index contributed by atoms with van der Waals surface area (Å²) in [7, 11) is 0. The van der Waals surface area contributed by atoms with Gasteiger partial charge in [-0.3, -0.25) is 0 Å². The number of ether oxygens (including phenoxy) is 2. The van der Waals surface area contributed by atoms with Crippen LogP contribution in [0.3, 0.4) is 0 Å². The third-order valence-corrected chi connectivity index (χ3v) is 5.70. The molecule has 0 bridgehead atoms. The first kappa shape index (κ1) is 18.5. The van der Waals surface area contributed by atoms with Gasteiger partial charge < -0.3 is 24.6 Å². The van der Waals surface area contributed by atoms with Crippen LogP contribution in [-0.4, -0.2) is 67.5 Å². The molecule has 0 spiro atoms. The first-order chi connectivity index (χ1) is 13.3. The number of aromatic nitrogens is 1. The fraction of sp³-hybridized carbons (Fsp3) is 0.700. The van der Waals surface area contributed by atoms with E-state index in [1.165, 1.54) is 12.8 Å². The standard InChI is InChI=1S/C20H30N4O3/c25-20(22-18-6-3-9-21-19(18)23-10-1-2-11-23)24-12-7-16(8-13-24)27-15-17-5-4-14-26-17/h3,6,9,16-17H,1-2,4-5,7-8,10-15H2,(H,22,25). The van der Waals surface area contributed by atoms with Crippen LogP contribution < -0.4 is 10.2 Å². The highest BCUT2D eigenvalue weighted by molar-refractivity contribution is 5.92. The number of hydrogen-bond acceptors (Lipinski definition) is 5. The molecule has 3 fully saturated rings. The zero-order chi connectivity index (χ0) is 18.5. The van der Waals surface area contributed by atoms with Gasteiger partial charge in [-0.15, -0.1) is 0 Å². The van der Waals surface area contributed by atoms with Crippen molar-refractivity contribution in [1.29, 1.82) is 0 Å². The summed E-state index contributed by atoms with van der Waals surface area (Å²) in [4.78, 5) is 21.3. The number of likely N-dealkylation sites (tertiary alicyclic amines) is 1. The Balaban J connectivity index is 1.26. The van der Waals surface area contributed by atoms with Gasteiger partial charge in [0.15, 0.2) is 5.82 Å². The van der Waals surface area contributed by atoms with E-state index in [1.54, 1.807) is 6.20 Å². The lowest BCUT2D eigenvalue weighted by Gasteiger charge is -2.32. The lowest BCUT2D eigenvalue weighted by molar-refractivity contribution is -0.0377. The van der Waals surface area contributed by atoms with Gasteiger partial charge in [0.2, 0.25) is 0 Å². The quantitative estimate of drug-likeness (QED) is 0.858. The van der Waals surface area contributed by atoms with Crippen molar-refractivity contribution in [2.24, 2.45) is 0 Å². The third kappa shape index (κ3) is 4.71. The van der Waals surface area contributed by atoms with Crippen molar-refractivity contribution in [1.82, 2.24) is 9.88 Å². The lowest BCUT2D eigenvalue weighted by atomic mass is 10.1. The number of piperidine rings is 1. The molecule has 7 nitrogen and oxygen atoms in total. The van der Waals surface area contributed by atoms with Crippen LogP contribution in [0.4, 0.5) is 16.3 Å². The van der Waals surface area contributed by atoms with Gasteiger partial charge in [0.1, 0.15) is 0 Å². The Morgan fingerprint density at radius 3 is 2.74 bits per heavy atom. The molecular weight excluding hydrogens is 344 g/mol. The minimum absolute atomic E-state index is 0.0407. The Hall–Kier alpha value is -1.86. The van der Waals surface area contributed by atoms with Crippen LogP contribution in [0, 0.1) is 0 Å². The number of pyridine rings is 1. The van der Waals surface area contributed by atoms with Gasteiger partial charge in [-0.2, -0.15) is 0 Å². The molecule has 0 aliphatic carbocycles. The van der Waals surface area contributed by atoms with E-state index < -0.39 is 0 Å². The highest BCUT2D eigenvalue weighted by atomic mass is 16.5. The fourth-order valence-corrected chi connectivity index (χ4v) is 4.11. The Morgan fingerprint density at radius 1 is 1.19 bits per heavy atom. The summed E-state index contributed by atoms with van der Waals surface area (Å²) < 4.78 is 11.6. The number of urea groups is 1. The highest BCUT2D eigenvalue weighted by Gasteiger charge is 2.26. The summed E-state index contributed by atoms with van der Waals surface area (Å²) >= 11 is 0. The van der Waals surface area contributed by atoms with Gasteiger partial charge in [-0.25, -0.2) is 9.78 Å². The van der Waals surface area contributed by atoms with Crippen molar-refractivity contribution in [2.45, 2.75) is 50.7 Å². The van der Waals surface area contributed by atoms with Crippen LogP contribution in [-0.2, 0) is 9.47 Å². The molecule has 148 valence electrons. The Morgan fingerprint density at radius 2 is 2.00 bits per heavy atom. The smallest absolute Gasteiger partial charge is 0.321 e. The topological polar surface area (TPSA) is 66.9 Å². The number of nitrogens with one attached hydrogen (secondary N) is 1. The molecule has 2 amide bonds. The number of amides is 2. The summed E-state index contributed by atoms with van der Waals surface area (Å²) in [6.45, 7) is 5.01. The maximum Gasteiger partial charge on any atom is 0.321 e. The molecular formula is C20H30N4O3. The van der Waals surface area contributed by atoms with Crippen LogP contribution >= 0.6 is 0 Å². The molecule has 27 heavy (non-hydrogen) atoms. The maximum absolute atomic E-state index is 12.7. The SMILES string of the molecule is O=C(Nc1cccnc1N1CCCC1)N1CCC(OCC2CCCO2)CC1. The van der Waals surface area contributed by atoms with Gasteiger partial charge in [0.05, 0.1) is 24.5 Å². The van der Waals surface area contributed by atoms with Crippen LogP contribution in [0.1, 0.15) is 38.5 Å². The number of hydrogen-bond donors (Lipinski definition) is 1. The monoisotopic (exact) mass is 374 g/mol. The first-order valence-electron chi connectivity index (χ1n) is 10.3. The molecule has 3 saturated heterocycles. The van der Waals surface area contributed by atoms with Gasteiger partial charge in [0, 0.05) is 39.0 Å². The molecule has 1 unspecified atom stereocenters. The number of nitrogens with zero attached hydrogens (tertiary/aromatic N) is 3. The van der Waals surface area contributed by atoms with Gasteiger partial charge in [-0.1, -0.05) is 0 Å². The largest absolute Gasteiger partial charge is 0.376 e. The second-order valence-corrected chi connectivity index (χ2v) is 7.65. The number of rotatable bonds is 5. The number of carbonyl (C=O) groups excluding carboxylic acids is 1. The van der Waals surface area contributed by atoms with E-state index in [-0.39, 0.29) is 18.2 Å². The molecule has 3 aliphatic rings. The van der Waals surface area contributed by atoms with Crippen molar-refractivity contribution in [2.75, 3.05) is 49.6 Å². The Kier molecular flexibility index (Phi) is 6.09. The van der Waals surface area contributed by atoms with Crippen molar-refractivity contribution < 1.29 is 14.3 Å². The molecule has 4 rings (SSSR count). The lowest BCUT2D eigenvalue weighted by Crippen LogP contribution is -2.43. The summed E-state index contributed by atoms with van der Waals surface area (Å²) in [6, 6.07) is 3.78. The molecule has 1 aromatic heterocycles. The molecule has 4 heterocycles. The van der Waals surface area contributed by atoms with Crippen LogP contribution in [0.25, 0.3) is 0 Å². The van der Waals surface area contributed by atoms with Gasteiger partial charge in [0.25, 0.3) is 0 Å². The average molecular weight is 374 g/mol. The Bertz CT molecular complexity index is 621. The summed E-state index contributed by atoms with van der Waals surface area (Å²) in [6.07, 6.45) is 8.66. The van der Waals surface area contributed by atoms with Crippen LogP contribution in [0.2, 0.25) is 0 Å². The molecule has 0 radical (unpaired) electrons. The zero-order valence-electron chi connectivity index (χ0n) is 15.9. The van der Waals surface area contributed by atoms with Crippen LogP contribution in [0.15, 0.2) is 18.3 Å². The van der Waals surface area contributed by atoms with Gasteiger partial charge in [-0.05, 0) is 50.7 Å². The zero-order valence-corrected chi connectivity index (χ0v) is 15.9. The molecule has 0 saturated carbocycles. The predicted molar refractivity (Wildman–Crippen MR) is 104 cm³/mol.